The molecule has 1 amide bonds. The van der Waals surface area contributed by atoms with Gasteiger partial charge in [0.2, 0.25) is 0 Å². The fraction of sp³-hybridized carbons (Fsp3) is 0.217. The molecular formula is C23H24N6O3. The lowest BCUT2D eigenvalue weighted by Crippen LogP contribution is -2.19. The van der Waals surface area contributed by atoms with Crippen molar-refractivity contribution in [2.75, 3.05) is 18.4 Å². The van der Waals surface area contributed by atoms with E-state index in [9.17, 15) is 4.79 Å². The number of para-hydroxylation sites is 2. The van der Waals surface area contributed by atoms with Gasteiger partial charge in [-0.3, -0.25) is 19.6 Å². The van der Waals surface area contributed by atoms with Gasteiger partial charge in [0, 0.05) is 12.1 Å². The maximum absolute atomic E-state index is 12.9. The van der Waals surface area contributed by atoms with Crippen LogP contribution in [0.1, 0.15) is 28.8 Å². The normalized spacial score (nSPS) is 13.5. The largest absolute Gasteiger partial charge is 0.483 e. The summed E-state index contributed by atoms with van der Waals surface area (Å²) in [6, 6.07) is 15.6. The molecule has 0 unspecified atom stereocenters. The smallest absolute Gasteiger partial charge is 0.290 e. The summed E-state index contributed by atoms with van der Waals surface area (Å²) in [4.78, 5) is 31.5. The van der Waals surface area contributed by atoms with Crippen LogP contribution in [-0.2, 0) is 11.3 Å². The monoisotopic (exact) mass is 432 g/mol. The number of anilines is 1. The van der Waals surface area contributed by atoms with Crippen molar-refractivity contribution in [3.05, 3.63) is 65.9 Å². The van der Waals surface area contributed by atoms with E-state index in [0.29, 0.717) is 22.8 Å². The highest BCUT2D eigenvalue weighted by Crippen LogP contribution is 2.25. The molecule has 2 aromatic heterocycles. The van der Waals surface area contributed by atoms with Crippen molar-refractivity contribution in [3.8, 4) is 11.5 Å². The third-order valence-electron chi connectivity index (χ3n) is 5.31. The van der Waals surface area contributed by atoms with Crippen LogP contribution in [-0.4, -0.2) is 55.6 Å². The number of hydrogen-bond acceptors (Lipinski definition) is 5. The molecule has 0 bridgehead atoms. The van der Waals surface area contributed by atoms with Crippen molar-refractivity contribution in [1.29, 1.82) is 0 Å². The average Bonchev–Trinajstić information content (AvgIpc) is 3.55. The summed E-state index contributed by atoms with van der Waals surface area (Å²) in [6.45, 7) is 2.90. The van der Waals surface area contributed by atoms with E-state index in [-0.39, 0.29) is 12.4 Å². The van der Waals surface area contributed by atoms with Crippen LogP contribution in [0.15, 0.2) is 54.7 Å². The Balaban J connectivity index is 0.000000775. The second-order valence-corrected chi connectivity index (χ2v) is 7.50. The van der Waals surface area contributed by atoms with Crippen molar-refractivity contribution in [2.24, 2.45) is 0 Å². The van der Waals surface area contributed by atoms with Crippen molar-refractivity contribution >= 4 is 29.1 Å². The quantitative estimate of drug-likeness (QED) is 0.358. The first kappa shape index (κ1) is 21.3. The highest BCUT2D eigenvalue weighted by molar-refractivity contribution is 6.05. The summed E-state index contributed by atoms with van der Waals surface area (Å²) in [5.74, 6) is 0.480. The number of carboxylic acid groups (broad SMARTS) is 1. The van der Waals surface area contributed by atoms with Crippen LogP contribution in [0.2, 0.25) is 0 Å². The number of H-pyrrole nitrogens is 2. The Hall–Kier alpha value is -3.98. The van der Waals surface area contributed by atoms with Crippen LogP contribution in [0, 0.1) is 0 Å². The number of hydrogen-bond donors (Lipinski definition) is 4. The minimum absolute atomic E-state index is 0.160. The molecule has 3 heterocycles. The van der Waals surface area contributed by atoms with E-state index in [1.54, 1.807) is 6.20 Å². The summed E-state index contributed by atoms with van der Waals surface area (Å²) in [5, 5.41) is 16.9. The van der Waals surface area contributed by atoms with Gasteiger partial charge in [-0.15, -0.1) is 0 Å². The number of nitrogens with zero attached hydrogens (tertiary/aromatic N) is 3. The van der Waals surface area contributed by atoms with Gasteiger partial charge in [0.05, 0.1) is 22.9 Å². The third kappa shape index (κ3) is 4.84. The molecule has 1 aliphatic heterocycles. The molecule has 9 nitrogen and oxygen atoms in total. The van der Waals surface area contributed by atoms with Gasteiger partial charge in [-0.1, -0.05) is 24.3 Å². The summed E-state index contributed by atoms with van der Waals surface area (Å²) >= 11 is 0. The molecule has 32 heavy (non-hydrogen) atoms. The molecule has 164 valence electrons. The molecule has 5 rings (SSSR count). The molecule has 0 spiro atoms. The van der Waals surface area contributed by atoms with Crippen LogP contribution in [0.4, 0.5) is 5.69 Å². The zero-order chi connectivity index (χ0) is 22.3. The van der Waals surface area contributed by atoms with Crippen molar-refractivity contribution in [2.45, 2.75) is 19.4 Å². The number of carbonyl (C=O) groups is 2. The van der Waals surface area contributed by atoms with Gasteiger partial charge in [-0.05, 0) is 55.8 Å². The predicted octanol–water partition coefficient (Wildman–Crippen LogP) is 3.50. The molecule has 4 aromatic rings. The molecule has 0 radical (unpaired) electrons. The Morgan fingerprint density at radius 1 is 1.16 bits per heavy atom. The Bertz CT molecular complexity index is 1180. The topological polar surface area (TPSA) is 127 Å². The molecule has 0 aliphatic carbocycles. The van der Waals surface area contributed by atoms with Crippen LogP contribution in [0.5, 0.6) is 0 Å². The number of imidazole rings is 1. The van der Waals surface area contributed by atoms with E-state index in [1.807, 2.05) is 42.5 Å². The highest BCUT2D eigenvalue weighted by Gasteiger charge is 2.16. The lowest BCUT2D eigenvalue weighted by molar-refractivity contribution is -0.122. The maximum atomic E-state index is 12.9. The average molecular weight is 432 g/mol. The molecule has 2 aromatic carbocycles. The second-order valence-electron chi connectivity index (χ2n) is 7.50. The zero-order valence-electron chi connectivity index (χ0n) is 17.4. The second kappa shape index (κ2) is 9.88. The number of benzene rings is 2. The summed E-state index contributed by atoms with van der Waals surface area (Å²) < 4.78 is 0. The number of nitrogens with one attached hydrogen (secondary N) is 3. The summed E-state index contributed by atoms with van der Waals surface area (Å²) in [5.41, 5.74) is 4.84. The number of likely N-dealkylation sites (tertiary alicyclic amines) is 1. The van der Waals surface area contributed by atoms with E-state index < -0.39 is 0 Å². The molecule has 4 N–H and O–H groups in total. The Morgan fingerprint density at radius 3 is 2.72 bits per heavy atom. The summed E-state index contributed by atoms with van der Waals surface area (Å²) in [6.07, 6.45) is 4.12. The lowest BCUT2D eigenvalue weighted by atomic mass is 10.1. The Morgan fingerprint density at radius 2 is 1.94 bits per heavy atom. The number of aromatic nitrogens is 4. The molecule has 1 saturated heterocycles. The van der Waals surface area contributed by atoms with Crippen molar-refractivity contribution in [1.82, 2.24) is 25.1 Å². The van der Waals surface area contributed by atoms with Gasteiger partial charge in [0.1, 0.15) is 5.69 Å². The van der Waals surface area contributed by atoms with Gasteiger partial charge >= 0.3 is 0 Å². The Labute approximate surface area is 184 Å². The number of aromatic amines is 2. The zero-order valence-corrected chi connectivity index (χ0v) is 17.4. The number of fused-ring (bicyclic) bond motifs is 1. The van der Waals surface area contributed by atoms with Crippen molar-refractivity contribution in [3.63, 3.8) is 0 Å². The SMILES string of the molecule is O=C(Nc1cn[nH]c1-c1nc2ccccc2[nH]1)c1cccc(CN2CCCC2)c1.O=CO. The maximum Gasteiger partial charge on any atom is 0.290 e. The standard InChI is InChI=1S/C22H22N6O.CH2O2/c29-22(16-7-5-6-15(12-16)14-28-10-3-4-11-28)26-19-13-23-27-20(19)21-24-17-8-1-2-9-18(17)25-21;2-1-3/h1-2,5-9,12-13H,3-4,10-11,14H2,(H,23,27)(H,24,25)(H,26,29);1H,(H,2,3). The first-order chi connectivity index (χ1) is 15.7. The fourth-order valence-corrected chi connectivity index (χ4v) is 3.84. The predicted molar refractivity (Wildman–Crippen MR) is 121 cm³/mol. The first-order valence-corrected chi connectivity index (χ1v) is 10.4. The molecule has 0 saturated carbocycles. The number of carbonyl (C=O) groups excluding carboxylic acids is 1. The van der Waals surface area contributed by atoms with Gasteiger partial charge in [0.25, 0.3) is 12.4 Å². The van der Waals surface area contributed by atoms with Crippen LogP contribution >= 0.6 is 0 Å². The van der Waals surface area contributed by atoms with Crippen molar-refractivity contribution < 1.29 is 14.7 Å². The van der Waals surface area contributed by atoms with E-state index in [0.717, 1.165) is 36.2 Å². The lowest BCUT2D eigenvalue weighted by Gasteiger charge is -2.15. The van der Waals surface area contributed by atoms with Gasteiger partial charge in [-0.2, -0.15) is 5.10 Å². The van der Waals surface area contributed by atoms with Crippen LogP contribution in [0.25, 0.3) is 22.6 Å². The minimum Gasteiger partial charge on any atom is -0.483 e. The first-order valence-electron chi connectivity index (χ1n) is 10.4. The number of rotatable bonds is 5. The van der Waals surface area contributed by atoms with Gasteiger partial charge < -0.3 is 15.4 Å². The van der Waals surface area contributed by atoms with Crippen LogP contribution in [0.3, 0.4) is 0 Å². The third-order valence-corrected chi connectivity index (χ3v) is 5.31. The van der Waals surface area contributed by atoms with E-state index in [1.165, 1.54) is 12.8 Å². The minimum atomic E-state index is -0.250. The highest BCUT2D eigenvalue weighted by atomic mass is 16.3. The van der Waals surface area contributed by atoms with Gasteiger partial charge in [-0.25, -0.2) is 4.98 Å². The Kier molecular flexibility index (Phi) is 6.57. The molecule has 1 fully saturated rings. The summed E-state index contributed by atoms with van der Waals surface area (Å²) in [7, 11) is 0. The van der Waals surface area contributed by atoms with E-state index in [2.05, 4.69) is 36.4 Å². The van der Waals surface area contributed by atoms with E-state index >= 15 is 0 Å². The fourth-order valence-electron chi connectivity index (χ4n) is 3.84. The molecule has 1 aliphatic rings. The number of amides is 1. The van der Waals surface area contributed by atoms with E-state index in [4.69, 9.17) is 9.90 Å². The molecule has 9 heteroatoms. The van der Waals surface area contributed by atoms with Crippen LogP contribution < -0.4 is 5.32 Å². The molecular weight excluding hydrogens is 408 g/mol. The molecule has 0 atom stereocenters. The van der Waals surface area contributed by atoms with Gasteiger partial charge in [0.15, 0.2) is 5.82 Å².